The normalized spacial score (nSPS) is 37.3. The van der Waals surface area contributed by atoms with Crippen LogP contribution in [-0.4, -0.2) is 12.1 Å². The fourth-order valence-electron chi connectivity index (χ4n) is 1.57. The monoisotopic (exact) mass is 138 g/mol. The highest BCUT2D eigenvalue weighted by Crippen LogP contribution is 2.33. The topological polar surface area (TPSA) is 26.3 Å². The van der Waals surface area contributed by atoms with Crippen molar-refractivity contribution >= 4 is 5.97 Å². The van der Waals surface area contributed by atoms with Crippen molar-refractivity contribution < 1.29 is 9.53 Å². The number of ether oxygens (including phenoxy) is 1. The molecule has 2 rings (SSSR count). The fourth-order valence-corrected chi connectivity index (χ4v) is 1.57. The van der Waals surface area contributed by atoms with Gasteiger partial charge in [0.2, 0.25) is 0 Å². The standard InChI is InChI=1S/C8H10O2/c1-5-2-3-6-4-7(5)10-8(6)9/h2,6-7H,3-4H2,1H3/t6-,7?/m1/s1. The van der Waals surface area contributed by atoms with E-state index in [0.717, 1.165) is 12.8 Å². The summed E-state index contributed by atoms with van der Waals surface area (Å²) in [4.78, 5) is 10.9. The molecule has 1 aliphatic heterocycles. The lowest BCUT2D eigenvalue weighted by Gasteiger charge is -2.12. The van der Waals surface area contributed by atoms with Gasteiger partial charge in [0.05, 0.1) is 5.92 Å². The van der Waals surface area contributed by atoms with Crippen LogP contribution in [0.2, 0.25) is 0 Å². The first-order valence-corrected chi connectivity index (χ1v) is 3.64. The number of fused-ring (bicyclic) bond motifs is 2. The summed E-state index contributed by atoms with van der Waals surface area (Å²) in [5, 5.41) is 0. The Balaban J connectivity index is 2.27. The summed E-state index contributed by atoms with van der Waals surface area (Å²) in [5.74, 6) is 0.173. The number of carbonyl (C=O) groups is 1. The van der Waals surface area contributed by atoms with E-state index in [2.05, 4.69) is 6.08 Å². The van der Waals surface area contributed by atoms with Gasteiger partial charge in [0, 0.05) is 6.42 Å². The molecule has 0 aromatic heterocycles. The lowest BCUT2D eigenvalue weighted by Crippen LogP contribution is -2.10. The Kier molecular flexibility index (Phi) is 1.10. The second-order valence-electron chi connectivity index (χ2n) is 3.04. The lowest BCUT2D eigenvalue weighted by atomic mass is 9.91. The molecule has 1 aliphatic carbocycles. The van der Waals surface area contributed by atoms with Gasteiger partial charge in [0.1, 0.15) is 6.10 Å². The van der Waals surface area contributed by atoms with Crippen LogP contribution >= 0.6 is 0 Å². The first kappa shape index (κ1) is 5.96. The number of hydrogen-bond acceptors (Lipinski definition) is 2. The number of carbonyl (C=O) groups excluding carboxylic acids is 1. The molecule has 10 heavy (non-hydrogen) atoms. The third-order valence-corrected chi connectivity index (χ3v) is 2.32. The molecule has 1 heterocycles. The van der Waals surface area contributed by atoms with Gasteiger partial charge in [0.25, 0.3) is 0 Å². The third kappa shape index (κ3) is 0.681. The number of allylic oxidation sites excluding steroid dienone is 1. The average Bonchev–Trinajstić information content (AvgIpc) is 2.21. The zero-order valence-electron chi connectivity index (χ0n) is 5.96. The second-order valence-corrected chi connectivity index (χ2v) is 3.04. The van der Waals surface area contributed by atoms with Crippen LogP contribution in [0.15, 0.2) is 11.6 Å². The molecule has 2 nitrogen and oxygen atoms in total. The summed E-state index contributed by atoms with van der Waals surface area (Å²) in [5.41, 5.74) is 1.22. The molecular formula is C8H10O2. The van der Waals surface area contributed by atoms with Crippen molar-refractivity contribution in [2.24, 2.45) is 5.92 Å². The van der Waals surface area contributed by atoms with Gasteiger partial charge in [-0.3, -0.25) is 4.79 Å². The summed E-state index contributed by atoms with van der Waals surface area (Å²) < 4.78 is 5.09. The predicted molar refractivity (Wildman–Crippen MR) is 36.4 cm³/mol. The maximum absolute atomic E-state index is 10.9. The van der Waals surface area contributed by atoms with Crippen LogP contribution in [0, 0.1) is 5.92 Å². The molecule has 0 aromatic rings. The number of hydrogen-bond donors (Lipinski definition) is 0. The van der Waals surface area contributed by atoms with Crippen LogP contribution in [0.5, 0.6) is 0 Å². The van der Waals surface area contributed by atoms with E-state index in [0.29, 0.717) is 0 Å². The smallest absolute Gasteiger partial charge is 0.310 e. The van der Waals surface area contributed by atoms with E-state index >= 15 is 0 Å². The molecule has 0 amide bonds. The van der Waals surface area contributed by atoms with E-state index in [1.807, 2.05) is 6.92 Å². The van der Waals surface area contributed by atoms with Gasteiger partial charge in [-0.1, -0.05) is 6.08 Å². The van der Waals surface area contributed by atoms with E-state index in [-0.39, 0.29) is 18.0 Å². The SMILES string of the molecule is CC1=CC[C@@H]2CC1OC2=O. The fraction of sp³-hybridized carbons (Fsp3) is 0.625. The summed E-state index contributed by atoms with van der Waals surface area (Å²) >= 11 is 0. The van der Waals surface area contributed by atoms with E-state index < -0.39 is 0 Å². The minimum atomic E-state index is -0.00176. The van der Waals surface area contributed by atoms with Crippen LogP contribution in [0.4, 0.5) is 0 Å². The second kappa shape index (κ2) is 1.84. The highest BCUT2D eigenvalue weighted by atomic mass is 16.6. The molecule has 0 N–H and O–H groups in total. The highest BCUT2D eigenvalue weighted by Gasteiger charge is 2.37. The minimum absolute atomic E-state index is 0.00176. The lowest BCUT2D eigenvalue weighted by molar-refractivity contribution is -0.142. The molecule has 1 unspecified atom stereocenters. The molecule has 54 valence electrons. The van der Waals surface area contributed by atoms with Crippen molar-refractivity contribution in [2.45, 2.75) is 25.9 Å². The molecule has 1 fully saturated rings. The van der Waals surface area contributed by atoms with Gasteiger partial charge in [0.15, 0.2) is 0 Å². The Morgan fingerprint density at radius 2 is 2.50 bits per heavy atom. The van der Waals surface area contributed by atoms with Crippen LogP contribution in [0.1, 0.15) is 19.8 Å². The highest BCUT2D eigenvalue weighted by molar-refractivity contribution is 5.76. The first-order valence-electron chi connectivity index (χ1n) is 3.64. The largest absolute Gasteiger partial charge is 0.458 e. The summed E-state index contributed by atoms with van der Waals surface area (Å²) in [6.07, 6.45) is 4.04. The van der Waals surface area contributed by atoms with Gasteiger partial charge in [-0.2, -0.15) is 0 Å². The molecule has 0 radical (unpaired) electrons. The average molecular weight is 138 g/mol. The van der Waals surface area contributed by atoms with E-state index in [4.69, 9.17) is 4.74 Å². The van der Waals surface area contributed by atoms with Gasteiger partial charge in [-0.25, -0.2) is 0 Å². The Bertz CT molecular complexity index is 205. The van der Waals surface area contributed by atoms with Crippen molar-refractivity contribution in [1.82, 2.24) is 0 Å². The zero-order valence-corrected chi connectivity index (χ0v) is 5.96. The van der Waals surface area contributed by atoms with E-state index in [9.17, 15) is 4.79 Å². The molecule has 1 saturated heterocycles. The Hall–Kier alpha value is -0.790. The zero-order chi connectivity index (χ0) is 7.14. The molecule has 2 bridgehead atoms. The van der Waals surface area contributed by atoms with E-state index in [1.54, 1.807) is 0 Å². The Morgan fingerprint density at radius 1 is 1.70 bits per heavy atom. The molecule has 2 atom stereocenters. The summed E-state index contributed by atoms with van der Waals surface area (Å²) in [6.45, 7) is 2.03. The quantitative estimate of drug-likeness (QED) is 0.372. The molecule has 2 heteroatoms. The molecular weight excluding hydrogens is 128 g/mol. The van der Waals surface area contributed by atoms with E-state index in [1.165, 1.54) is 5.57 Å². The van der Waals surface area contributed by atoms with Crippen LogP contribution in [0.3, 0.4) is 0 Å². The van der Waals surface area contributed by atoms with Crippen LogP contribution in [0.25, 0.3) is 0 Å². The van der Waals surface area contributed by atoms with Crippen molar-refractivity contribution in [2.75, 3.05) is 0 Å². The van der Waals surface area contributed by atoms with Gasteiger partial charge in [-0.15, -0.1) is 0 Å². The Labute approximate surface area is 59.9 Å². The first-order chi connectivity index (χ1) is 4.77. The minimum Gasteiger partial charge on any atom is -0.458 e. The van der Waals surface area contributed by atoms with Crippen molar-refractivity contribution in [3.63, 3.8) is 0 Å². The number of esters is 1. The maximum Gasteiger partial charge on any atom is 0.310 e. The van der Waals surface area contributed by atoms with Crippen LogP contribution < -0.4 is 0 Å². The maximum atomic E-state index is 10.9. The third-order valence-electron chi connectivity index (χ3n) is 2.32. The summed E-state index contributed by atoms with van der Waals surface area (Å²) in [7, 11) is 0. The molecule has 0 aromatic carbocycles. The van der Waals surface area contributed by atoms with Crippen LogP contribution in [-0.2, 0) is 9.53 Å². The summed E-state index contributed by atoms with van der Waals surface area (Å²) in [6, 6.07) is 0. The molecule has 0 saturated carbocycles. The van der Waals surface area contributed by atoms with Crippen molar-refractivity contribution in [1.29, 1.82) is 0 Å². The van der Waals surface area contributed by atoms with Gasteiger partial charge < -0.3 is 4.74 Å². The van der Waals surface area contributed by atoms with Gasteiger partial charge >= 0.3 is 5.97 Å². The predicted octanol–water partition coefficient (Wildman–Crippen LogP) is 1.27. The Morgan fingerprint density at radius 3 is 3.20 bits per heavy atom. The van der Waals surface area contributed by atoms with Gasteiger partial charge in [-0.05, 0) is 18.9 Å². The van der Waals surface area contributed by atoms with Crippen molar-refractivity contribution in [3.8, 4) is 0 Å². The molecule has 0 spiro atoms. The molecule has 2 aliphatic rings. The number of rotatable bonds is 0. The van der Waals surface area contributed by atoms with Crippen molar-refractivity contribution in [3.05, 3.63) is 11.6 Å².